The second-order valence-corrected chi connectivity index (χ2v) is 10.0. The van der Waals surface area contributed by atoms with Crippen LogP contribution in [0.5, 0.6) is 0 Å². The molecule has 190 valence electrons. The summed E-state index contributed by atoms with van der Waals surface area (Å²) in [6, 6.07) is 18.2. The highest BCUT2D eigenvalue weighted by Crippen LogP contribution is 2.16. The first-order chi connectivity index (χ1) is 16.6. The molecule has 35 heavy (non-hydrogen) atoms. The fourth-order valence-electron chi connectivity index (χ4n) is 3.82. The third-order valence-electron chi connectivity index (χ3n) is 5.46. The average molecular weight is 481 g/mol. The third-order valence-corrected chi connectivity index (χ3v) is 5.46. The molecule has 2 aromatic rings. The van der Waals surface area contributed by atoms with Crippen LogP contribution in [0.3, 0.4) is 0 Å². The summed E-state index contributed by atoms with van der Waals surface area (Å²) in [5.74, 6) is -0.252. The van der Waals surface area contributed by atoms with Crippen LogP contribution in [0.2, 0.25) is 0 Å². The fraction of sp³-hybridized carbons (Fsp3) is 0.448. The first kappa shape index (κ1) is 28.1. The zero-order valence-electron chi connectivity index (χ0n) is 21.6. The lowest BCUT2D eigenvalue weighted by atomic mass is 9.92. The monoisotopic (exact) mass is 480 g/mol. The standard InChI is InChI=1S/C29H40N2O4/c1-7-14-24(26(21(2)3)31-28(33)34-20-23-17-12-9-13-18-23)30-25(27(32)35-29(4,5)6)19-22-15-10-8-11-16-22/h7-13,15-18,21,24-26,30H,1,14,19-20H2,2-6H3,(H,31,33)/t24-,25+,26+/m1/s1. The van der Waals surface area contributed by atoms with E-state index in [0.29, 0.717) is 12.8 Å². The molecule has 0 radical (unpaired) electrons. The molecule has 0 heterocycles. The SMILES string of the molecule is C=CC[C@@H](N[C@@H](Cc1ccccc1)C(=O)OC(C)(C)C)[C@@H](NC(=O)OCc1ccccc1)C(C)C. The number of benzene rings is 2. The van der Waals surface area contributed by atoms with Crippen molar-refractivity contribution in [3.05, 3.63) is 84.4 Å². The van der Waals surface area contributed by atoms with Crippen molar-refractivity contribution >= 4 is 12.1 Å². The first-order valence-electron chi connectivity index (χ1n) is 12.2. The van der Waals surface area contributed by atoms with E-state index in [1.54, 1.807) is 6.08 Å². The molecule has 0 saturated heterocycles. The Morgan fingerprint density at radius 1 is 0.971 bits per heavy atom. The Balaban J connectivity index is 2.17. The number of amides is 1. The van der Waals surface area contributed by atoms with Crippen LogP contribution in [0.4, 0.5) is 4.79 Å². The van der Waals surface area contributed by atoms with E-state index < -0.39 is 17.7 Å². The van der Waals surface area contributed by atoms with E-state index in [9.17, 15) is 9.59 Å². The lowest BCUT2D eigenvalue weighted by molar-refractivity contribution is -0.157. The zero-order valence-corrected chi connectivity index (χ0v) is 21.6. The Morgan fingerprint density at radius 2 is 1.54 bits per heavy atom. The molecular weight excluding hydrogens is 440 g/mol. The Kier molecular flexibility index (Phi) is 11.0. The van der Waals surface area contributed by atoms with E-state index in [-0.39, 0.29) is 30.6 Å². The molecule has 0 saturated carbocycles. The van der Waals surface area contributed by atoms with Gasteiger partial charge in [0.15, 0.2) is 0 Å². The number of ether oxygens (including phenoxy) is 2. The molecule has 0 fully saturated rings. The van der Waals surface area contributed by atoms with E-state index in [1.807, 2.05) is 95.3 Å². The Morgan fingerprint density at radius 3 is 2.06 bits per heavy atom. The number of hydrogen-bond donors (Lipinski definition) is 2. The van der Waals surface area contributed by atoms with Crippen molar-refractivity contribution in [3.63, 3.8) is 0 Å². The van der Waals surface area contributed by atoms with Crippen molar-refractivity contribution in [2.24, 2.45) is 5.92 Å². The van der Waals surface area contributed by atoms with Crippen LogP contribution < -0.4 is 10.6 Å². The number of hydrogen-bond acceptors (Lipinski definition) is 5. The maximum absolute atomic E-state index is 13.2. The zero-order chi connectivity index (χ0) is 25.8. The fourth-order valence-corrected chi connectivity index (χ4v) is 3.82. The van der Waals surface area contributed by atoms with Gasteiger partial charge in [0.25, 0.3) is 0 Å². The van der Waals surface area contributed by atoms with Crippen molar-refractivity contribution < 1.29 is 19.1 Å². The Labute approximate surface area is 210 Å². The molecular formula is C29H40N2O4. The summed E-state index contributed by atoms with van der Waals surface area (Å²) in [4.78, 5) is 25.8. The van der Waals surface area contributed by atoms with Gasteiger partial charge in [-0.15, -0.1) is 6.58 Å². The van der Waals surface area contributed by atoms with E-state index >= 15 is 0 Å². The summed E-state index contributed by atoms with van der Waals surface area (Å²) >= 11 is 0. The van der Waals surface area contributed by atoms with E-state index in [0.717, 1.165) is 11.1 Å². The van der Waals surface area contributed by atoms with E-state index in [1.165, 1.54) is 0 Å². The highest BCUT2D eigenvalue weighted by Gasteiger charge is 2.32. The van der Waals surface area contributed by atoms with Crippen LogP contribution in [0.1, 0.15) is 52.2 Å². The van der Waals surface area contributed by atoms with Crippen molar-refractivity contribution in [1.82, 2.24) is 10.6 Å². The molecule has 0 spiro atoms. The largest absolute Gasteiger partial charge is 0.459 e. The van der Waals surface area contributed by atoms with Crippen LogP contribution in [-0.2, 0) is 27.3 Å². The van der Waals surface area contributed by atoms with Gasteiger partial charge in [-0.05, 0) is 50.7 Å². The van der Waals surface area contributed by atoms with Crippen LogP contribution >= 0.6 is 0 Å². The van der Waals surface area contributed by atoms with Crippen LogP contribution in [0.15, 0.2) is 73.3 Å². The summed E-state index contributed by atoms with van der Waals surface area (Å²) in [6.45, 7) is 13.7. The normalized spacial score (nSPS) is 14.0. The number of nitrogens with one attached hydrogen (secondary N) is 2. The predicted octanol–water partition coefficient (Wildman–Crippen LogP) is 5.42. The summed E-state index contributed by atoms with van der Waals surface area (Å²) in [7, 11) is 0. The minimum absolute atomic E-state index is 0.0766. The minimum atomic E-state index is -0.613. The summed E-state index contributed by atoms with van der Waals surface area (Å²) in [5, 5.41) is 6.47. The molecule has 0 aliphatic rings. The number of esters is 1. The molecule has 2 aromatic carbocycles. The average Bonchev–Trinajstić information content (AvgIpc) is 2.80. The van der Waals surface area contributed by atoms with Gasteiger partial charge in [0.1, 0.15) is 18.2 Å². The van der Waals surface area contributed by atoms with E-state index in [4.69, 9.17) is 9.47 Å². The number of alkyl carbamates (subject to hydrolysis) is 1. The first-order valence-corrected chi connectivity index (χ1v) is 12.2. The van der Waals surface area contributed by atoms with Gasteiger partial charge in [-0.1, -0.05) is 80.6 Å². The molecule has 0 unspecified atom stereocenters. The van der Waals surface area contributed by atoms with Crippen molar-refractivity contribution in [3.8, 4) is 0 Å². The van der Waals surface area contributed by atoms with Crippen LogP contribution in [-0.4, -0.2) is 35.8 Å². The van der Waals surface area contributed by atoms with Crippen LogP contribution in [0.25, 0.3) is 0 Å². The molecule has 6 heteroatoms. The van der Waals surface area contributed by atoms with Crippen LogP contribution in [0, 0.1) is 5.92 Å². The molecule has 3 atom stereocenters. The van der Waals surface area contributed by atoms with Gasteiger partial charge >= 0.3 is 12.1 Å². The van der Waals surface area contributed by atoms with Gasteiger partial charge in [-0.25, -0.2) is 4.79 Å². The second kappa shape index (κ2) is 13.7. The number of carbonyl (C=O) groups is 2. The van der Waals surface area contributed by atoms with Crippen molar-refractivity contribution in [1.29, 1.82) is 0 Å². The minimum Gasteiger partial charge on any atom is -0.459 e. The van der Waals surface area contributed by atoms with Gasteiger partial charge in [0.05, 0.1) is 6.04 Å². The van der Waals surface area contributed by atoms with Gasteiger partial charge in [0, 0.05) is 6.04 Å². The topological polar surface area (TPSA) is 76.7 Å². The molecule has 0 aliphatic carbocycles. The molecule has 0 bridgehead atoms. The maximum Gasteiger partial charge on any atom is 0.407 e. The smallest absolute Gasteiger partial charge is 0.407 e. The molecule has 0 aliphatic heterocycles. The summed E-state index contributed by atoms with van der Waals surface area (Å²) in [6.07, 6.45) is 2.31. The van der Waals surface area contributed by atoms with Gasteiger partial charge in [-0.3, -0.25) is 10.1 Å². The van der Waals surface area contributed by atoms with Gasteiger partial charge in [0.2, 0.25) is 0 Å². The molecule has 6 nitrogen and oxygen atoms in total. The highest BCUT2D eigenvalue weighted by atomic mass is 16.6. The van der Waals surface area contributed by atoms with Gasteiger partial charge < -0.3 is 14.8 Å². The second-order valence-electron chi connectivity index (χ2n) is 10.0. The van der Waals surface area contributed by atoms with Crippen molar-refractivity contribution in [2.45, 2.75) is 77.8 Å². The summed E-state index contributed by atoms with van der Waals surface area (Å²) < 4.78 is 11.2. The van der Waals surface area contributed by atoms with Crippen molar-refractivity contribution in [2.75, 3.05) is 0 Å². The number of rotatable bonds is 12. The van der Waals surface area contributed by atoms with E-state index in [2.05, 4.69) is 17.2 Å². The quantitative estimate of drug-likeness (QED) is 0.313. The maximum atomic E-state index is 13.2. The lowest BCUT2D eigenvalue weighted by Gasteiger charge is -2.34. The summed E-state index contributed by atoms with van der Waals surface area (Å²) in [5.41, 5.74) is 1.32. The Hall–Kier alpha value is -3.12. The molecule has 0 aromatic heterocycles. The molecule has 2 N–H and O–H groups in total. The third kappa shape index (κ3) is 10.4. The predicted molar refractivity (Wildman–Crippen MR) is 140 cm³/mol. The number of carbonyl (C=O) groups excluding carboxylic acids is 2. The van der Waals surface area contributed by atoms with Gasteiger partial charge in [-0.2, -0.15) is 0 Å². The molecule has 1 amide bonds. The lowest BCUT2D eigenvalue weighted by Crippen LogP contribution is -2.57. The Bertz CT molecular complexity index is 923. The highest BCUT2D eigenvalue weighted by molar-refractivity contribution is 5.76. The molecule has 2 rings (SSSR count).